The third kappa shape index (κ3) is 4.86. The molecule has 0 aliphatic carbocycles. The molecule has 1 fully saturated rings. The maximum atomic E-state index is 12.5. The van der Waals surface area contributed by atoms with Crippen molar-refractivity contribution in [2.24, 2.45) is 0 Å². The highest BCUT2D eigenvalue weighted by Crippen LogP contribution is 2.14. The van der Waals surface area contributed by atoms with Crippen molar-refractivity contribution in [2.45, 2.75) is 19.0 Å². The second kappa shape index (κ2) is 8.56. The summed E-state index contributed by atoms with van der Waals surface area (Å²) in [5, 5.41) is 3.31. The molecular weight excluding hydrogens is 280 g/mol. The van der Waals surface area contributed by atoms with Gasteiger partial charge in [0.1, 0.15) is 5.75 Å². The molecule has 1 heterocycles. The van der Waals surface area contributed by atoms with Crippen molar-refractivity contribution in [1.82, 2.24) is 10.2 Å². The van der Waals surface area contributed by atoms with Gasteiger partial charge in [-0.2, -0.15) is 0 Å². The summed E-state index contributed by atoms with van der Waals surface area (Å²) in [6, 6.07) is 7.86. The first-order chi connectivity index (χ1) is 10.7. The first-order valence-corrected chi connectivity index (χ1v) is 7.55. The van der Waals surface area contributed by atoms with Crippen molar-refractivity contribution in [1.29, 1.82) is 0 Å². The lowest BCUT2D eigenvalue weighted by Gasteiger charge is -2.27. The van der Waals surface area contributed by atoms with Crippen LogP contribution in [0.15, 0.2) is 36.9 Å². The lowest BCUT2D eigenvalue weighted by Crippen LogP contribution is -2.45. The summed E-state index contributed by atoms with van der Waals surface area (Å²) in [6.07, 6.45) is 2.20. The minimum absolute atomic E-state index is 0.101. The Morgan fingerprint density at radius 3 is 2.86 bits per heavy atom. The van der Waals surface area contributed by atoms with Gasteiger partial charge in [-0.15, -0.1) is 6.58 Å². The van der Waals surface area contributed by atoms with Crippen LogP contribution in [-0.2, 0) is 16.1 Å². The van der Waals surface area contributed by atoms with E-state index in [1.807, 2.05) is 29.2 Å². The van der Waals surface area contributed by atoms with Gasteiger partial charge in [0.05, 0.1) is 20.3 Å². The maximum absolute atomic E-state index is 12.5. The van der Waals surface area contributed by atoms with E-state index >= 15 is 0 Å². The van der Waals surface area contributed by atoms with Crippen LogP contribution in [0.1, 0.15) is 12.0 Å². The van der Waals surface area contributed by atoms with E-state index in [1.165, 1.54) is 0 Å². The highest BCUT2D eigenvalue weighted by Gasteiger charge is 2.20. The van der Waals surface area contributed by atoms with E-state index in [1.54, 1.807) is 13.2 Å². The number of rotatable bonds is 7. The third-order valence-corrected chi connectivity index (χ3v) is 3.65. The highest BCUT2D eigenvalue weighted by molar-refractivity contribution is 5.77. The fourth-order valence-corrected chi connectivity index (χ4v) is 2.45. The second-order valence-corrected chi connectivity index (χ2v) is 5.34. The minimum atomic E-state index is 0.101. The summed E-state index contributed by atoms with van der Waals surface area (Å²) in [5.74, 6) is 0.924. The first-order valence-electron chi connectivity index (χ1n) is 7.55. The molecule has 2 rings (SSSR count). The monoisotopic (exact) mass is 304 g/mol. The topological polar surface area (TPSA) is 50.8 Å². The molecule has 1 aliphatic rings. The van der Waals surface area contributed by atoms with E-state index in [0.717, 1.165) is 17.9 Å². The standard InChI is InChI=1S/C17H24N2O3/c1-3-9-19(12-14-4-6-16(21-2)7-5-14)17(20)11-15-13-22-10-8-18-15/h3-7,15,18H,1,8-13H2,2H3. The van der Waals surface area contributed by atoms with E-state index in [4.69, 9.17) is 9.47 Å². The van der Waals surface area contributed by atoms with Crippen LogP contribution in [0.25, 0.3) is 0 Å². The molecule has 1 aromatic rings. The summed E-state index contributed by atoms with van der Waals surface area (Å²) in [4.78, 5) is 14.3. The predicted octanol–water partition coefficient (Wildman–Crippen LogP) is 1.59. The quantitative estimate of drug-likeness (QED) is 0.777. The average Bonchev–Trinajstić information content (AvgIpc) is 2.56. The Labute approximate surface area is 131 Å². The zero-order valence-corrected chi connectivity index (χ0v) is 13.1. The van der Waals surface area contributed by atoms with Gasteiger partial charge in [0.25, 0.3) is 0 Å². The second-order valence-electron chi connectivity index (χ2n) is 5.34. The molecule has 1 unspecified atom stereocenters. The fraction of sp³-hybridized carbons (Fsp3) is 0.471. The van der Waals surface area contributed by atoms with Gasteiger partial charge in [-0.25, -0.2) is 0 Å². The summed E-state index contributed by atoms with van der Waals surface area (Å²) in [7, 11) is 1.64. The van der Waals surface area contributed by atoms with Gasteiger partial charge in [-0.3, -0.25) is 4.79 Å². The zero-order valence-electron chi connectivity index (χ0n) is 13.1. The van der Waals surface area contributed by atoms with Gasteiger partial charge in [0, 0.05) is 32.1 Å². The van der Waals surface area contributed by atoms with E-state index in [-0.39, 0.29) is 11.9 Å². The van der Waals surface area contributed by atoms with Gasteiger partial charge in [0.2, 0.25) is 5.91 Å². The van der Waals surface area contributed by atoms with Gasteiger partial charge in [-0.05, 0) is 17.7 Å². The summed E-state index contributed by atoms with van der Waals surface area (Å²) in [5.41, 5.74) is 1.07. The number of nitrogens with zero attached hydrogens (tertiary/aromatic N) is 1. The average molecular weight is 304 g/mol. The van der Waals surface area contributed by atoms with Crippen molar-refractivity contribution < 1.29 is 14.3 Å². The maximum Gasteiger partial charge on any atom is 0.224 e. The van der Waals surface area contributed by atoms with Gasteiger partial charge in [0.15, 0.2) is 0 Å². The molecule has 22 heavy (non-hydrogen) atoms. The van der Waals surface area contributed by atoms with Crippen LogP contribution in [0.3, 0.4) is 0 Å². The molecule has 1 amide bonds. The molecule has 0 saturated carbocycles. The number of benzene rings is 1. The van der Waals surface area contributed by atoms with Crippen LogP contribution in [0, 0.1) is 0 Å². The molecule has 0 spiro atoms. The Morgan fingerprint density at radius 1 is 1.50 bits per heavy atom. The molecule has 1 aliphatic heterocycles. The molecule has 0 radical (unpaired) electrons. The molecule has 0 aromatic heterocycles. The molecule has 5 nitrogen and oxygen atoms in total. The summed E-state index contributed by atoms with van der Waals surface area (Å²) in [6.45, 7) is 6.97. The molecule has 1 saturated heterocycles. The summed E-state index contributed by atoms with van der Waals surface area (Å²) >= 11 is 0. The van der Waals surface area contributed by atoms with Gasteiger partial charge < -0.3 is 19.7 Å². The third-order valence-electron chi connectivity index (χ3n) is 3.65. The Hall–Kier alpha value is -1.85. The number of ether oxygens (including phenoxy) is 2. The van der Waals surface area contributed by atoms with Crippen molar-refractivity contribution >= 4 is 5.91 Å². The molecule has 120 valence electrons. The number of hydrogen-bond donors (Lipinski definition) is 1. The Kier molecular flexibility index (Phi) is 6.43. The number of carbonyl (C=O) groups excluding carboxylic acids is 1. The normalized spacial score (nSPS) is 17.8. The Morgan fingerprint density at radius 2 is 2.27 bits per heavy atom. The molecule has 0 bridgehead atoms. The van der Waals surface area contributed by atoms with Gasteiger partial charge in [-0.1, -0.05) is 18.2 Å². The molecule has 1 atom stereocenters. The number of nitrogens with one attached hydrogen (secondary N) is 1. The number of morpholine rings is 1. The largest absolute Gasteiger partial charge is 0.497 e. The Balaban J connectivity index is 1.94. The van der Waals surface area contributed by atoms with Crippen molar-refractivity contribution in [3.63, 3.8) is 0 Å². The lowest BCUT2D eigenvalue weighted by atomic mass is 10.1. The van der Waals surface area contributed by atoms with Crippen LogP contribution in [0.5, 0.6) is 5.75 Å². The predicted molar refractivity (Wildman–Crippen MR) is 85.8 cm³/mol. The van der Waals surface area contributed by atoms with E-state index in [9.17, 15) is 4.79 Å². The lowest BCUT2D eigenvalue weighted by molar-refractivity contribution is -0.132. The van der Waals surface area contributed by atoms with Crippen LogP contribution in [-0.4, -0.2) is 50.3 Å². The SMILES string of the molecule is C=CCN(Cc1ccc(OC)cc1)C(=O)CC1COCCN1. The molecule has 1 N–H and O–H groups in total. The van der Waals surface area contributed by atoms with Crippen molar-refractivity contribution in [3.8, 4) is 5.75 Å². The number of carbonyl (C=O) groups is 1. The highest BCUT2D eigenvalue weighted by atomic mass is 16.5. The van der Waals surface area contributed by atoms with E-state index < -0.39 is 0 Å². The van der Waals surface area contributed by atoms with Crippen molar-refractivity contribution in [3.05, 3.63) is 42.5 Å². The van der Waals surface area contributed by atoms with Crippen LogP contribution >= 0.6 is 0 Å². The van der Waals surface area contributed by atoms with Crippen molar-refractivity contribution in [2.75, 3.05) is 33.4 Å². The Bertz CT molecular complexity index is 481. The summed E-state index contributed by atoms with van der Waals surface area (Å²) < 4.78 is 10.5. The van der Waals surface area contributed by atoms with Gasteiger partial charge >= 0.3 is 0 Å². The minimum Gasteiger partial charge on any atom is -0.497 e. The van der Waals surface area contributed by atoms with Crippen LogP contribution < -0.4 is 10.1 Å². The van der Waals surface area contributed by atoms with E-state index in [0.29, 0.717) is 32.7 Å². The number of amides is 1. The fourth-order valence-electron chi connectivity index (χ4n) is 2.45. The van der Waals surface area contributed by atoms with Crippen LogP contribution in [0.4, 0.5) is 0 Å². The first kappa shape index (κ1) is 16.5. The smallest absolute Gasteiger partial charge is 0.224 e. The van der Waals surface area contributed by atoms with Crippen LogP contribution in [0.2, 0.25) is 0 Å². The zero-order chi connectivity index (χ0) is 15.8. The van der Waals surface area contributed by atoms with E-state index in [2.05, 4.69) is 11.9 Å². The molecule has 5 heteroatoms. The molecular formula is C17H24N2O3. The molecule has 1 aromatic carbocycles. The number of methoxy groups -OCH3 is 1. The number of hydrogen-bond acceptors (Lipinski definition) is 4.